The van der Waals surface area contributed by atoms with Crippen molar-refractivity contribution in [3.63, 3.8) is 0 Å². The molecule has 6 nitrogen and oxygen atoms in total. The molecular weight excluding hydrogens is 606 g/mol. The van der Waals surface area contributed by atoms with Gasteiger partial charge in [-0.3, -0.25) is 9.69 Å². The quantitative estimate of drug-likeness (QED) is 0.187. The van der Waals surface area contributed by atoms with Gasteiger partial charge in [0.1, 0.15) is 18.2 Å². The van der Waals surface area contributed by atoms with Crippen molar-refractivity contribution in [1.82, 2.24) is 4.90 Å². The highest BCUT2D eigenvalue weighted by molar-refractivity contribution is 14.1. The van der Waals surface area contributed by atoms with E-state index in [0.29, 0.717) is 40.3 Å². The second-order valence-corrected chi connectivity index (χ2v) is 10.1. The predicted octanol–water partition coefficient (Wildman–Crippen LogP) is 7.04. The average molecular weight is 632 g/mol. The molecule has 1 saturated heterocycles. The van der Waals surface area contributed by atoms with Crippen molar-refractivity contribution in [3.8, 4) is 17.2 Å². The van der Waals surface area contributed by atoms with Crippen LogP contribution < -0.4 is 14.2 Å². The van der Waals surface area contributed by atoms with Crippen LogP contribution in [0.5, 0.6) is 17.2 Å². The van der Waals surface area contributed by atoms with Crippen molar-refractivity contribution < 1.29 is 23.4 Å². The van der Waals surface area contributed by atoms with E-state index < -0.39 is 0 Å². The van der Waals surface area contributed by atoms with Gasteiger partial charge in [0.15, 0.2) is 16.7 Å². The third-order valence-electron chi connectivity index (χ3n) is 5.46. The van der Waals surface area contributed by atoms with Crippen LogP contribution in [0.3, 0.4) is 0 Å². The normalized spacial score (nSPS) is 15.5. The first-order valence-electron chi connectivity index (χ1n) is 11.7. The molecule has 0 spiro atoms. The SMILES string of the molecule is CCOc1cc(/C=C2/SC(=Nc3ccc(OC)cc3)N(CC)C2=O)cc(I)c1OCc1ccccc1F. The zero-order valence-corrected chi connectivity index (χ0v) is 23.6. The zero-order valence-electron chi connectivity index (χ0n) is 20.7. The number of nitrogens with zero attached hydrogens (tertiary/aromatic N) is 2. The van der Waals surface area contributed by atoms with Crippen LogP contribution in [0.1, 0.15) is 25.0 Å². The molecule has 1 aliphatic rings. The molecule has 192 valence electrons. The molecule has 1 amide bonds. The van der Waals surface area contributed by atoms with Gasteiger partial charge < -0.3 is 14.2 Å². The number of carbonyl (C=O) groups excluding carboxylic acids is 1. The Morgan fingerprint density at radius 3 is 2.51 bits per heavy atom. The van der Waals surface area contributed by atoms with Crippen LogP contribution in [-0.2, 0) is 11.4 Å². The van der Waals surface area contributed by atoms with E-state index in [1.165, 1.54) is 17.8 Å². The number of amides is 1. The maximum atomic E-state index is 14.1. The van der Waals surface area contributed by atoms with Gasteiger partial charge >= 0.3 is 0 Å². The molecular formula is C28H26FIN2O4S. The van der Waals surface area contributed by atoms with Gasteiger partial charge in [0.05, 0.1) is 27.9 Å². The largest absolute Gasteiger partial charge is 0.497 e. The fourth-order valence-electron chi connectivity index (χ4n) is 3.63. The number of likely N-dealkylation sites (N-methyl/N-ethyl adjacent to an activating group) is 1. The molecule has 3 aromatic carbocycles. The van der Waals surface area contributed by atoms with E-state index >= 15 is 0 Å². The van der Waals surface area contributed by atoms with Crippen molar-refractivity contribution in [1.29, 1.82) is 0 Å². The van der Waals surface area contributed by atoms with Crippen LogP contribution in [0.15, 0.2) is 70.6 Å². The maximum absolute atomic E-state index is 14.1. The first-order chi connectivity index (χ1) is 17.9. The Balaban J connectivity index is 1.60. The Hall–Kier alpha value is -3.05. The van der Waals surface area contributed by atoms with E-state index in [0.717, 1.165) is 20.6 Å². The summed E-state index contributed by atoms with van der Waals surface area (Å²) in [6.45, 7) is 4.82. The molecule has 0 N–H and O–H groups in total. The van der Waals surface area contributed by atoms with E-state index in [9.17, 15) is 9.18 Å². The number of methoxy groups -OCH3 is 1. The zero-order chi connectivity index (χ0) is 26.4. The molecule has 4 rings (SSSR count). The molecule has 1 fully saturated rings. The molecule has 0 saturated carbocycles. The average Bonchev–Trinajstić information content (AvgIpc) is 3.18. The number of benzene rings is 3. The van der Waals surface area contributed by atoms with Gasteiger partial charge in [-0.1, -0.05) is 18.2 Å². The highest BCUT2D eigenvalue weighted by Crippen LogP contribution is 2.38. The lowest BCUT2D eigenvalue weighted by atomic mass is 10.1. The molecule has 37 heavy (non-hydrogen) atoms. The lowest BCUT2D eigenvalue weighted by molar-refractivity contribution is -0.122. The van der Waals surface area contributed by atoms with Crippen molar-refractivity contribution in [2.24, 2.45) is 4.99 Å². The van der Waals surface area contributed by atoms with Gasteiger partial charge in [-0.15, -0.1) is 0 Å². The molecule has 1 heterocycles. The highest BCUT2D eigenvalue weighted by atomic mass is 127. The monoisotopic (exact) mass is 632 g/mol. The molecule has 0 atom stereocenters. The molecule has 9 heteroatoms. The molecule has 0 bridgehead atoms. The second kappa shape index (κ2) is 12.5. The Kier molecular flexibility index (Phi) is 9.09. The smallest absolute Gasteiger partial charge is 0.266 e. The van der Waals surface area contributed by atoms with Crippen LogP contribution in [0, 0.1) is 9.39 Å². The molecule has 3 aromatic rings. The summed E-state index contributed by atoms with van der Waals surface area (Å²) in [4.78, 5) is 20.0. The van der Waals surface area contributed by atoms with Crippen molar-refractivity contribution in [3.05, 3.63) is 86.1 Å². The summed E-state index contributed by atoms with van der Waals surface area (Å²) in [6.07, 6.45) is 1.83. The number of rotatable bonds is 9. The van der Waals surface area contributed by atoms with Crippen LogP contribution in [-0.4, -0.2) is 36.2 Å². The number of hydrogen-bond donors (Lipinski definition) is 0. The Morgan fingerprint density at radius 1 is 1.08 bits per heavy atom. The van der Waals surface area contributed by atoms with Crippen molar-refractivity contribution >= 4 is 57.2 Å². The van der Waals surface area contributed by atoms with Gasteiger partial charge in [-0.2, -0.15) is 0 Å². The minimum atomic E-state index is -0.318. The standard InChI is InChI=1S/C28H26FIN2O4S/c1-4-32-27(33)25(37-28(32)31-20-10-12-21(34-3)13-11-20)16-18-14-23(30)26(24(15-18)35-5-2)36-17-19-8-6-7-9-22(19)29/h6-16H,4-5,17H2,1-3H3/b25-16+,31-28?. The van der Waals surface area contributed by atoms with Gasteiger partial charge in [0.25, 0.3) is 5.91 Å². The number of thioether (sulfide) groups is 1. The number of hydrogen-bond acceptors (Lipinski definition) is 6. The van der Waals surface area contributed by atoms with Crippen molar-refractivity contribution in [2.75, 3.05) is 20.3 Å². The Labute approximate surface area is 233 Å². The number of carbonyl (C=O) groups is 1. The molecule has 0 aliphatic carbocycles. The highest BCUT2D eigenvalue weighted by Gasteiger charge is 2.32. The fourth-order valence-corrected chi connectivity index (χ4v) is 5.47. The van der Waals surface area contributed by atoms with Gasteiger partial charge in [0.2, 0.25) is 0 Å². The summed E-state index contributed by atoms with van der Waals surface area (Å²) in [7, 11) is 1.61. The minimum Gasteiger partial charge on any atom is -0.497 e. The summed E-state index contributed by atoms with van der Waals surface area (Å²) in [5.41, 5.74) is 1.99. The van der Waals surface area contributed by atoms with Crippen LogP contribution in [0.4, 0.5) is 10.1 Å². The minimum absolute atomic E-state index is 0.0775. The second-order valence-electron chi connectivity index (χ2n) is 7.90. The maximum Gasteiger partial charge on any atom is 0.266 e. The van der Waals surface area contributed by atoms with Gasteiger partial charge in [-0.05, 0) is 102 Å². The number of ether oxygens (including phenoxy) is 3. The summed E-state index contributed by atoms with van der Waals surface area (Å²) < 4.78 is 31.9. The van der Waals surface area contributed by atoms with Crippen LogP contribution >= 0.6 is 34.4 Å². The van der Waals surface area contributed by atoms with Gasteiger partial charge in [-0.25, -0.2) is 9.38 Å². The Bertz CT molecular complexity index is 1340. The van der Waals surface area contributed by atoms with Crippen LogP contribution in [0.25, 0.3) is 6.08 Å². The van der Waals surface area contributed by atoms with E-state index in [1.54, 1.807) is 30.2 Å². The first kappa shape index (κ1) is 27.0. The van der Waals surface area contributed by atoms with E-state index in [-0.39, 0.29) is 18.3 Å². The summed E-state index contributed by atoms with van der Waals surface area (Å²) in [5.74, 6) is 1.39. The first-order valence-corrected chi connectivity index (χ1v) is 13.6. The molecule has 0 unspecified atom stereocenters. The fraction of sp³-hybridized carbons (Fsp3) is 0.214. The Morgan fingerprint density at radius 2 is 1.84 bits per heavy atom. The summed E-state index contributed by atoms with van der Waals surface area (Å²) in [6, 6.07) is 17.6. The van der Waals surface area contributed by atoms with E-state index in [1.807, 2.05) is 56.3 Å². The molecule has 0 radical (unpaired) electrons. The third kappa shape index (κ3) is 6.45. The molecule has 0 aromatic heterocycles. The van der Waals surface area contributed by atoms with Gasteiger partial charge in [0, 0.05) is 12.1 Å². The number of aliphatic imine (C=N–C) groups is 1. The summed E-state index contributed by atoms with van der Waals surface area (Å²) in [5, 5.41) is 0.619. The number of halogens is 2. The predicted molar refractivity (Wildman–Crippen MR) is 154 cm³/mol. The third-order valence-corrected chi connectivity index (χ3v) is 7.27. The van der Waals surface area contributed by atoms with Crippen molar-refractivity contribution in [2.45, 2.75) is 20.5 Å². The lowest BCUT2D eigenvalue weighted by Gasteiger charge is -2.15. The van der Waals surface area contributed by atoms with E-state index in [4.69, 9.17) is 14.2 Å². The van der Waals surface area contributed by atoms with Crippen LogP contribution in [0.2, 0.25) is 0 Å². The van der Waals surface area contributed by atoms with E-state index in [2.05, 4.69) is 27.6 Å². The number of amidine groups is 1. The topological polar surface area (TPSA) is 60.4 Å². The molecule has 1 aliphatic heterocycles. The summed E-state index contributed by atoms with van der Waals surface area (Å²) >= 11 is 3.50. The lowest BCUT2D eigenvalue weighted by Crippen LogP contribution is -2.28.